The van der Waals surface area contributed by atoms with Gasteiger partial charge in [-0.25, -0.2) is 4.99 Å². The van der Waals surface area contributed by atoms with Gasteiger partial charge in [0.1, 0.15) is 0 Å². The molecule has 58 valence electrons. The van der Waals surface area contributed by atoms with Gasteiger partial charge in [-0.1, -0.05) is 26.7 Å². The van der Waals surface area contributed by atoms with Crippen LogP contribution in [-0.4, -0.2) is 11.7 Å². The summed E-state index contributed by atoms with van der Waals surface area (Å²) < 4.78 is 0. The first-order valence-corrected chi connectivity index (χ1v) is 4.29. The molecule has 10 heavy (non-hydrogen) atoms. The average Bonchev–Trinajstić information content (AvgIpc) is 1.99. The van der Waals surface area contributed by atoms with Crippen molar-refractivity contribution in [2.75, 3.05) is 6.54 Å². The second-order valence-electron chi connectivity index (χ2n) is 2.44. The maximum Gasteiger partial charge on any atom is 0.0584 e. The van der Waals surface area contributed by atoms with Gasteiger partial charge in [0.25, 0.3) is 0 Å². The van der Waals surface area contributed by atoms with Crippen LogP contribution in [0, 0.1) is 5.92 Å². The van der Waals surface area contributed by atoms with Gasteiger partial charge in [0.05, 0.1) is 5.16 Å². The highest BCUT2D eigenvalue weighted by molar-refractivity contribution is 7.78. The summed E-state index contributed by atoms with van der Waals surface area (Å²) in [5, 5.41) is 2.38. The molecule has 0 rings (SSSR count). The number of nitrogens with zero attached hydrogens (tertiary/aromatic N) is 1. The number of rotatable bonds is 5. The van der Waals surface area contributed by atoms with E-state index >= 15 is 0 Å². The maximum absolute atomic E-state index is 4.46. The van der Waals surface area contributed by atoms with Crippen molar-refractivity contribution >= 4 is 17.4 Å². The molecule has 0 spiro atoms. The van der Waals surface area contributed by atoms with Crippen LogP contribution in [0.3, 0.4) is 0 Å². The van der Waals surface area contributed by atoms with Crippen molar-refractivity contribution in [1.82, 2.24) is 0 Å². The fourth-order valence-corrected chi connectivity index (χ4v) is 1.08. The molecule has 0 saturated heterocycles. The molecule has 0 aromatic heterocycles. The van der Waals surface area contributed by atoms with Gasteiger partial charge in [-0.15, -0.1) is 0 Å². The number of thiocarbonyl (C=S) groups is 1. The van der Waals surface area contributed by atoms with Crippen molar-refractivity contribution in [2.24, 2.45) is 10.9 Å². The van der Waals surface area contributed by atoms with Crippen LogP contribution in [0.15, 0.2) is 4.99 Å². The Labute approximate surface area is 68.5 Å². The first kappa shape index (κ1) is 9.80. The monoisotopic (exact) mass is 157 g/mol. The summed E-state index contributed by atoms with van der Waals surface area (Å²) in [6.45, 7) is 5.29. The molecule has 1 nitrogen and oxygen atoms in total. The van der Waals surface area contributed by atoms with Gasteiger partial charge in [0.15, 0.2) is 0 Å². The van der Waals surface area contributed by atoms with Gasteiger partial charge in [0, 0.05) is 6.54 Å². The first-order chi connectivity index (χ1) is 4.85. The second-order valence-corrected chi connectivity index (χ2v) is 2.63. The predicted molar refractivity (Wildman–Crippen MR) is 48.6 cm³/mol. The van der Waals surface area contributed by atoms with Crippen LogP contribution in [-0.2, 0) is 0 Å². The summed E-state index contributed by atoms with van der Waals surface area (Å²) in [4.78, 5) is 3.87. The van der Waals surface area contributed by atoms with E-state index in [4.69, 9.17) is 0 Å². The van der Waals surface area contributed by atoms with Crippen molar-refractivity contribution in [1.29, 1.82) is 0 Å². The quantitative estimate of drug-likeness (QED) is 0.441. The maximum atomic E-state index is 4.46. The molecule has 0 aliphatic heterocycles. The van der Waals surface area contributed by atoms with E-state index in [0.29, 0.717) is 0 Å². The second kappa shape index (κ2) is 6.91. The lowest BCUT2D eigenvalue weighted by Gasteiger charge is -2.08. The van der Waals surface area contributed by atoms with Gasteiger partial charge in [0.2, 0.25) is 0 Å². The number of hydrogen-bond donors (Lipinski definition) is 0. The summed E-state index contributed by atoms with van der Waals surface area (Å²) in [5.41, 5.74) is 0. The molecule has 0 saturated carbocycles. The van der Waals surface area contributed by atoms with Gasteiger partial charge in [-0.2, -0.15) is 0 Å². The van der Waals surface area contributed by atoms with Gasteiger partial charge in [-0.3, -0.25) is 0 Å². The predicted octanol–water partition coefficient (Wildman–Crippen LogP) is 2.92. The van der Waals surface area contributed by atoms with Crippen LogP contribution in [0.2, 0.25) is 0 Å². The van der Waals surface area contributed by atoms with Crippen molar-refractivity contribution in [2.45, 2.75) is 33.1 Å². The lowest BCUT2D eigenvalue weighted by Crippen LogP contribution is -1.98. The minimum absolute atomic E-state index is 0.826. The van der Waals surface area contributed by atoms with E-state index in [2.05, 4.69) is 36.2 Å². The highest BCUT2D eigenvalue weighted by atomic mass is 32.1. The molecule has 2 heteroatoms. The van der Waals surface area contributed by atoms with E-state index in [-0.39, 0.29) is 0 Å². The Morgan fingerprint density at radius 1 is 1.40 bits per heavy atom. The van der Waals surface area contributed by atoms with E-state index < -0.39 is 0 Å². The molecular weight excluding hydrogens is 142 g/mol. The third-order valence-electron chi connectivity index (χ3n) is 1.87. The molecule has 0 aliphatic rings. The Hall–Kier alpha value is -0.200. The van der Waals surface area contributed by atoms with E-state index in [9.17, 15) is 0 Å². The Bertz CT molecular complexity index is 112. The number of hydrogen-bond acceptors (Lipinski definition) is 2. The van der Waals surface area contributed by atoms with Crippen LogP contribution in [0.1, 0.15) is 33.1 Å². The SMILES string of the molecule is CCC(CC)CCN=C=S. The van der Waals surface area contributed by atoms with Gasteiger partial charge < -0.3 is 0 Å². The normalized spacial score (nSPS) is 9.50. The molecule has 0 atom stereocenters. The lowest BCUT2D eigenvalue weighted by molar-refractivity contribution is 0.464. The summed E-state index contributed by atoms with van der Waals surface area (Å²) in [6, 6.07) is 0. The Morgan fingerprint density at radius 3 is 2.40 bits per heavy atom. The first-order valence-electron chi connectivity index (χ1n) is 3.88. The lowest BCUT2D eigenvalue weighted by atomic mass is 10.00. The molecule has 0 aromatic carbocycles. The molecular formula is C8H15NS. The standard InChI is InChI=1S/C8H15NS/c1-3-8(4-2)5-6-9-7-10/h8H,3-6H2,1-2H3. The van der Waals surface area contributed by atoms with E-state index in [0.717, 1.165) is 18.9 Å². The summed E-state index contributed by atoms with van der Waals surface area (Å²) in [7, 11) is 0. The van der Waals surface area contributed by atoms with Gasteiger partial charge in [-0.05, 0) is 24.6 Å². The molecule has 0 N–H and O–H groups in total. The molecule has 0 fully saturated rings. The third kappa shape index (κ3) is 4.66. The molecule has 0 aromatic rings. The van der Waals surface area contributed by atoms with Crippen molar-refractivity contribution in [3.63, 3.8) is 0 Å². The summed E-state index contributed by atoms with van der Waals surface area (Å²) in [6.07, 6.45) is 3.67. The van der Waals surface area contributed by atoms with E-state index in [1.165, 1.54) is 12.8 Å². The molecule has 0 radical (unpaired) electrons. The molecule has 0 unspecified atom stereocenters. The van der Waals surface area contributed by atoms with E-state index in [1.54, 1.807) is 0 Å². The average molecular weight is 157 g/mol. The van der Waals surface area contributed by atoms with Crippen LogP contribution >= 0.6 is 12.2 Å². The van der Waals surface area contributed by atoms with Crippen LogP contribution in [0.4, 0.5) is 0 Å². The van der Waals surface area contributed by atoms with Crippen molar-refractivity contribution < 1.29 is 0 Å². The van der Waals surface area contributed by atoms with Crippen molar-refractivity contribution in [3.8, 4) is 0 Å². The zero-order valence-corrected chi connectivity index (χ0v) is 7.58. The molecule has 0 heterocycles. The van der Waals surface area contributed by atoms with Crippen LogP contribution in [0.5, 0.6) is 0 Å². The van der Waals surface area contributed by atoms with Crippen molar-refractivity contribution in [3.05, 3.63) is 0 Å². The molecule has 0 bridgehead atoms. The summed E-state index contributed by atoms with van der Waals surface area (Å²) in [5.74, 6) is 0.826. The highest BCUT2D eigenvalue weighted by Gasteiger charge is 2.00. The molecule has 0 amide bonds. The van der Waals surface area contributed by atoms with Crippen LogP contribution < -0.4 is 0 Å². The third-order valence-corrected chi connectivity index (χ3v) is 2.00. The minimum atomic E-state index is 0.826. The minimum Gasteiger partial charge on any atom is -0.233 e. The molecule has 0 aliphatic carbocycles. The largest absolute Gasteiger partial charge is 0.233 e. The van der Waals surface area contributed by atoms with E-state index in [1.807, 2.05) is 0 Å². The van der Waals surface area contributed by atoms with Gasteiger partial charge >= 0.3 is 0 Å². The smallest absolute Gasteiger partial charge is 0.0584 e. The topological polar surface area (TPSA) is 12.4 Å². The van der Waals surface area contributed by atoms with Crippen LogP contribution in [0.25, 0.3) is 0 Å². The Balaban J connectivity index is 3.34. The zero-order chi connectivity index (χ0) is 7.82. The highest BCUT2D eigenvalue weighted by Crippen LogP contribution is 2.11. The number of aliphatic imine (C=N–C) groups is 1. The fraction of sp³-hybridized carbons (Fsp3) is 0.875. The summed E-state index contributed by atoms with van der Waals surface area (Å²) >= 11 is 4.46. The zero-order valence-electron chi connectivity index (χ0n) is 6.76. The fourth-order valence-electron chi connectivity index (χ4n) is 0.990. The Kier molecular flexibility index (Phi) is 6.78. The number of isothiocyanates is 1. The Morgan fingerprint density at radius 2 is 2.00 bits per heavy atom.